The van der Waals surface area contributed by atoms with Gasteiger partial charge in [0.25, 0.3) is 0 Å². The van der Waals surface area contributed by atoms with Gasteiger partial charge in [-0.1, -0.05) is 43.2 Å². The molecule has 0 radical (unpaired) electrons. The highest BCUT2D eigenvalue weighted by Gasteiger charge is 2.14. The number of hydrogen-bond acceptors (Lipinski definition) is 4. The number of rotatable bonds is 6. The Labute approximate surface area is 136 Å². The van der Waals surface area contributed by atoms with E-state index in [-0.39, 0.29) is 0 Å². The molecule has 1 fully saturated rings. The van der Waals surface area contributed by atoms with Crippen molar-refractivity contribution in [1.29, 1.82) is 0 Å². The smallest absolute Gasteiger partial charge is 0.183 e. The predicted molar refractivity (Wildman–Crippen MR) is 89.5 cm³/mol. The summed E-state index contributed by atoms with van der Waals surface area (Å²) >= 11 is 1.82. The molecule has 4 nitrogen and oxygen atoms in total. The van der Waals surface area contributed by atoms with Gasteiger partial charge in [0.2, 0.25) is 0 Å². The van der Waals surface area contributed by atoms with Gasteiger partial charge in [0.15, 0.2) is 11.0 Å². The molecule has 118 valence electrons. The van der Waals surface area contributed by atoms with Gasteiger partial charge in [-0.25, -0.2) is 4.98 Å². The second kappa shape index (κ2) is 7.68. The number of aromatic nitrogens is 3. The molecule has 1 saturated carbocycles. The number of benzene rings is 1. The lowest BCUT2D eigenvalue weighted by atomic mass is 9.91. The first-order valence-corrected chi connectivity index (χ1v) is 8.99. The van der Waals surface area contributed by atoms with Gasteiger partial charge in [0, 0.05) is 12.2 Å². The molecule has 0 atom stereocenters. The van der Waals surface area contributed by atoms with E-state index < -0.39 is 0 Å². The molecule has 1 N–H and O–H groups in total. The summed E-state index contributed by atoms with van der Waals surface area (Å²) in [6.07, 6.45) is 7.70. The lowest BCUT2D eigenvalue weighted by Gasteiger charge is -2.20. The Balaban J connectivity index is 1.51. The SMILES string of the molecule is COc1ccc(Cc2n[nH]c(SCC3CCCCC3)n2)cc1. The maximum absolute atomic E-state index is 5.17. The van der Waals surface area contributed by atoms with Crippen LogP contribution in [0.1, 0.15) is 43.5 Å². The maximum Gasteiger partial charge on any atom is 0.183 e. The zero-order valence-electron chi connectivity index (χ0n) is 13.0. The van der Waals surface area contributed by atoms with E-state index >= 15 is 0 Å². The summed E-state index contributed by atoms with van der Waals surface area (Å²) in [6.45, 7) is 0. The molecule has 1 aromatic carbocycles. The molecule has 1 heterocycles. The Morgan fingerprint density at radius 2 is 1.95 bits per heavy atom. The minimum Gasteiger partial charge on any atom is -0.497 e. The second-order valence-corrected chi connectivity index (χ2v) is 6.91. The van der Waals surface area contributed by atoms with E-state index in [0.29, 0.717) is 0 Å². The monoisotopic (exact) mass is 317 g/mol. The summed E-state index contributed by atoms with van der Waals surface area (Å²) < 4.78 is 5.17. The van der Waals surface area contributed by atoms with Gasteiger partial charge in [-0.15, -0.1) is 0 Å². The first-order valence-electron chi connectivity index (χ1n) is 8.00. The molecule has 3 rings (SSSR count). The minimum absolute atomic E-state index is 0.754. The van der Waals surface area contributed by atoms with Crippen molar-refractivity contribution in [2.75, 3.05) is 12.9 Å². The van der Waals surface area contributed by atoms with Gasteiger partial charge in [-0.05, 0) is 36.5 Å². The molecule has 0 spiro atoms. The van der Waals surface area contributed by atoms with Crippen LogP contribution in [0.25, 0.3) is 0 Å². The van der Waals surface area contributed by atoms with E-state index in [1.54, 1.807) is 7.11 Å². The third-order valence-corrected chi connectivity index (χ3v) is 5.31. The van der Waals surface area contributed by atoms with E-state index in [9.17, 15) is 0 Å². The van der Waals surface area contributed by atoms with Crippen LogP contribution >= 0.6 is 11.8 Å². The molecule has 22 heavy (non-hydrogen) atoms. The van der Waals surface area contributed by atoms with Crippen molar-refractivity contribution in [3.63, 3.8) is 0 Å². The topological polar surface area (TPSA) is 50.8 Å². The fraction of sp³-hybridized carbons (Fsp3) is 0.529. The van der Waals surface area contributed by atoms with E-state index in [0.717, 1.165) is 34.8 Å². The van der Waals surface area contributed by atoms with Gasteiger partial charge in [-0.3, -0.25) is 5.10 Å². The van der Waals surface area contributed by atoms with Crippen molar-refractivity contribution in [1.82, 2.24) is 15.2 Å². The van der Waals surface area contributed by atoms with Crippen molar-refractivity contribution in [2.45, 2.75) is 43.7 Å². The van der Waals surface area contributed by atoms with Crippen molar-refractivity contribution in [3.05, 3.63) is 35.7 Å². The van der Waals surface area contributed by atoms with Crippen molar-refractivity contribution in [2.24, 2.45) is 5.92 Å². The lowest BCUT2D eigenvalue weighted by molar-refractivity contribution is 0.391. The molecule has 1 aromatic heterocycles. The first-order chi connectivity index (χ1) is 10.8. The lowest BCUT2D eigenvalue weighted by Crippen LogP contribution is -2.08. The summed E-state index contributed by atoms with van der Waals surface area (Å²) in [4.78, 5) is 4.60. The van der Waals surface area contributed by atoms with E-state index in [2.05, 4.69) is 27.3 Å². The summed E-state index contributed by atoms with van der Waals surface area (Å²) in [5, 5.41) is 8.35. The van der Waals surface area contributed by atoms with Crippen molar-refractivity contribution < 1.29 is 4.74 Å². The first kappa shape index (κ1) is 15.4. The Bertz CT molecular complexity index is 576. The number of H-pyrrole nitrogens is 1. The summed E-state index contributed by atoms with van der Waals surface area (Å²) in [7, 11) is 1.68. The Hall–Kier alpha value is -1.49. The Kier molecular flexibility index (Phi) is 5.38. The van der Waals surface area contributed by atoms with E-state index in [1.807, 2.05) is 23.9 Å². The third kappa shape index (κ3) is 4.26. The highest BCUT2D eigenvalue weighted by molar-refractivity contribution is 7.99. The van der Waals surface area contributed by atoms with Crippen LogP contribution in [0.4, 0.5) is 0 Å². The molecular weight excluding hydrogens is 294 g/mol. The van der Waals surface area contributed by atoms with Gasteiger partial charge in [-0.2, -0.15) is 5.10 Å². The number of ether oxygens (including phenoxy) is 1. The molecule has 0 unspecified atom stereocenters. The highest BCUT2D eigenvalue weighted by atomic mass is 32.2. The number of methoxy groups -OCH3 is 1. The molecule has 0 amide bonds. The summed E-state index contributed by atoms with van der Waals surface area (Å²) in [6, 6.07) is 8.07. The minimum atomic E-state index is 0.754. The molecule has 1 aliphatic carbocycles. The largest absolute Gasteiger partial charge is 0.497 e. The van der Waals surface area contributed by atoms with Crippen LogP contribution in [-0.2, 0) is 6.42 Å². The molecule has 2 aromatic rings. The van der Waals surface area contributed by atoms with Crippen LogP contribution in [0.2, 0.25) is 0 Å². The number of nitrogens with one attached hydrogen (secondary N) is 1. The van der Waals surface area contributed by atoms with Gasteiger partial charge in [0.05, 0.1) is 7.11 Å². The van der Waals surface area contributed by atoms with Crippen molar-refractivity contribution >= 4 is 11.8 Å². The molecule has 0 bridgehead atoms. The van der Waals surface area contributed by atoms with Crippen LogP contribution in [-0.4, -0.2) is 28.0 Å². The number of hydrogen-bond donors (Lipinski definition) is 1. The highest BCUT2D eigenvalue weighted by Crippen LogP contribution is 2.28. The Morgan fingerprint density at radius 1 is 1.18 bits per heavy atom. The standard InChI is InChI=1S/C17H23N3OS/c1-21-15-9-7-13(8-10-15)11-16-18-17(20-19-16)22-12-14-5-3-2-4-6-14/h7-10,14H,2-6,11-12H2,1H3,(H,18,19,20). The molecule has 1 aliphatic rings. The van der Waals surface area contributed by atoms with Gasteiger partial charge in [0.1, 0.15) is 5.75 Å². The van der Waals surface area contributed by atoms with Crippen LogP contribution in [0.3, 0.4) is 0 Å². The quantitative estimate of drug-likeness (QED) is 0.816. The number of nitrogens with zero attached hydrogens (tertiary/aromatic N) is 2. The van der Waals surface area contributed by atoms with Crippen LogP contribution in [0.5, 0.6) is 5.75 Å². The zero-order chi connectivity index (χ0) is 15.2. The summed E-state index contributed by atoms with van der Waals surface area (Å²) in [5.41, 5.74) is 1.20. The molecular formula is C17H23N3OS. The normalized spacial score (nSPS) is 15.9. The van der Waals surface area contributed by atoms with Crippen molar-refractivity contribution in [3.8, 4) is 5.75 Å². The second-order valence-electron chi connectivity index (χ2n) is 5.90. The fourth-order valence-corrected chi connectivity index (χ4v) is 3.91. The average Bonchev–Trinajstić information content (AvgIpc) is 3.02. The predicted octanol–water partition coefficient (Wildman–Crippen LogP) is 4.08. The van der Waals surface area contributed by atoms with E-state index in [4.69, 9.17) is 4.74 Å². The van der Waals surface area contributed by atoms with Gasteiger partial charge >= 0.3 is 0 Å². The Morgan fingerprint density at radius 3 is 2.68 bits per heavy atom. The average molecular weight is 317 g/mol. The zero-order valence-corrected chi connectivity index (χ0v) is 13.9. The number of thioether (sulfide) groups is 1. The molecule has 0 saturated heterocycles. The molecule has 5 heteroatoms. The maximum atomic E-state index is 5.17. The van der Waals surface area contributed by atoms with Crippen LogP contribution < -0.4 is 4.74 Å². The van der Waals surface area contributed by atoms with E-state index in [1.165, 1.54) is 37.7 Å². The summed E-state index contributed by atoms with van der Waals surface area (Å²) in [5.74, 6) is 3.75. The molecule has 0 aliphatic heterocycles. The van der Waals surface area contributed by atoms with Crippen LogP contribution in [0.15, 0.2) is 29.4 Å². The fourth-order valence-electron chi connectivity index (χ4n) is 2.90. The van der Waals surface area contributed by atoms with Crippen LogP contribution in [0, 0.1) is 5.92 Å². The third-order valence-electron chi connectivity index (χ3n) is 4.21. The number of aromatic amines is 1. The van der Waals surface area contributed by atoms with Gasteiger partial charge < -0.3 is 4.74 Å².